The highest BCUT2D eigenvalue weighted by Crippen LogP contribution is 2.41. The third-order valence-corrected chi connectivity index (χ3v) is 6.47. The second kappa shape index (κ2) is 11.2. The van der Waals surface area contributed by atoms with Crippen LogP contribution in [-0.2, 0) is 36.9 Å². The van der Waals surface area contributed by atoms with Gasteiger partial charge in [0.2, 0.25) is 0 Å². The van der Waals surface area contributed by atoms with Crippen molar-refractivity contribution in [3.05, 3.63) is 118 Å². The van der Waals surface area contributed by atoms with Crippen LogP contribution in [0.15, 0.2) is 96.1 Å². The molecule has 3 aromatic rings. The number of nitrogens with zero attached hydrogens (tertiary/aromatic N) is 3. The predicted molar refractivity (Wildman–Crippen MR) is 132 cm³/mol. The zero-order chi connectivity index (χ0) is 24.8. The van der Waals surface area contributed by atoms with Crippen molar-refractivity contribution in [2.45, 2.75) is 56.6 Å². The van der Waals surface area contributed by atoms with Gasteiger partial charge in [0.15, 0.2) is 12.0 Å². The van der Waals surface area contributed by atoms with E-state index in [0.717, 1.165) is 16.7 Å². The van der Waals surface area contributed by atoms with E-state index in [4.69, 9.17) is 23.7 Å². The summed E-state index contributed by atoms with van der Waals surface area (Å²) in [5, 5.41) is 4.02. The van der Waals surface area contributed by atoms with Crippen LogP contribution in [0.3, 0.4) is 0 Å². The lowest BCUT2D eigenvalue weighted by molar-refractivity contribution is -0.357. The molecule has 0 radical (unpaired) electrons. The van der Waals surface area contributed by atoms with Crippen molar-refractivity contribution in [3.8, 4) is 0 Å². The van der Waals surface area contributed by atoms with Crippen LogP contribution in [0.1, 0.15) is 29.9 Å². The summed E-state index contributed by atoms with van der Waals surface area (Å²) >= 11 is 0. The van der Waals surface area contributed by atoms with Crippen LogP contribution in [0, 0.1) is 0 Å². The number of ether oxygens (including phenoxy) is 5. The Morgan fingerprint density at radius 2 is 1.47 bits per heavy atom. The molecule has 6 atom stereocenters. The maximum Gasteiger partial charge on any atom is 0.184 e. The van der Waals surface area contributed by atoms with E-state index < -0.39 is 36.4 Å². The highest BCUT2D eigenvalue weighted by molar-refractivity contribution is 5.18. The van der Waals surface area contributed by atoms with E-state index in [0.29, 0.717) is 13.2 Å². The van der Waals surface area contributed by atoms with E-state index in [-0.39, 0.29) is 6.61 Å². The average molecular weight is 488 g/mol. The first-order valence-corrected chi connectivity index (χ1v) is 12.0. The van der Waals surface area contributed by atoms with Crippen LogP contribution < -0.4 is 0 Å². The van der Waals surface area contributed by atoms with E-state index in [1.165, 1.54) is 0 Å². The quantitative estimate of drug-likeness (QED) is 0.231. The SMILES string of the molecule is C[C@@]1(N=[N+]=[N-])O[C@@H]2COC(c3ccccc3)O[C@@H]2[C@H](OCc2ccccc2)[C@H]1OCc1ccccc1. The molecule has 2 aliphatic heterocycles. The molecular weight excluding hydrogens is 458 g/mol. The number of hydrogen-bond donors (Lipinski definition) is 0. The summed E-state index contributed by atoms with van der Waals surface area (Å²) < 4.78 is 31.6. The fourth-order valence-electron chi connectivity index (χ4n) is 4.70. The van der Waals surface area contributed by atoms with Gasteiger partial charge in [-0.2, -0.15) is 0 Å². The van der Waals surface area contributed by atoms with Gasteiger partial charge in [-0.25, -0.2) is 0 Å². The molecule has 3 aromatic carbocycles. The molecule has 0 spiro atoms. The minimum Gasteiger partial charge on any atom is -0.368 e. The van der Waals surface area contributed by atoms with Crippen LogP contribution >= 0.6 is 0 Å². The second-order valence-electron chi connectivity index (χ2n) is 9.06. The molecule has 1 unspecified atom stereocenters. The summed E-state index contributed by atoms with van der Waals surface area (Å²) in [6.45, 7) is 2.62. The van der Waals surface area contributed by atoms with Gasteiger partial charge in [-0.05, 0) is 23.6 Å². The third kappa shape index (κ3) is 5.44. The molecule has 0 N–H and O–H groups in total. The first kappa shape index (κ1) is 24.5. The van der Waals surface area contributed by atoms with Crippen molar-refractivity contribution in [2.75, 3.05) is 6.61 Å². The molecule has 0 amide bonds. The minimum absolute atomic E-state index is 0.261. The summed E-state index contributed by atoms with van der Waals surface area (Å²) in [5.74, 6) is 0. The maximum absolute atomic E-state index is 9.39. The Morgan fingerprint density at radius 1 is 0.889 bits per heavy atom. The summed E-state index contributed by atoms with van der Waals surface area (Å²) in [7, 11) is 0. The molecule has 2 saturated heterocycles. The molecule has 5 rings (SSSR count). The van der Waals surface area contributed by atoms with Gasteiger partial charge in [0.25, 0.3) is 0 Å². The monoisotopic (exact) mass is 487 g/mol. The number of rotatable bonds is 8. The van der Waals surface area contributed by atoms with Crippen LogP contribution in [0.4, 0.5) is 0 Å². The molecule has 0 saturated carbocycles. The standard InChI is InChI=1S/C28H29N3O5/c1-28(30-31-29)26(33-18-21-13-7-3-8-14-21)25(32-17-20-11-5-2-6-12-20)24-23(36-28)19-34-27(35-24)22-15-9-4-10-16-22/h2-16,23-27H,17-19H2,1H3/t23-,24+,25+,26-,27?,28-/m1/s1. The van der Waals surface area contributed by atoms with Crippen molar-refractivity contribution >= 4 is 0 Å². The van der Waals surface area contributed by atoms with E-state index in [9.17, 15) is 5.53 Å². The second-order valence-corrected chi connectivity index (χ2v) is 9.06. The van der Waals surface area contributed by atoms with Crippen molar-refractivity contribution in [1.29, 1.82) is 0 Å². The van der Waals surface area contributed by atoms with Crippen molar-refractivity contribution < 1.29 is 23.7 Å². The molecule has 2 aliphatic rings. The molecule has 8 heteroatoms. The fraction of sp³-hybridized carbons (Fsp3) is 0.357. The summed E-state index contributed by atoms with van der Waals surface area (Å²) in [5.41, 5.74) is 11.0. The summed E-state index contributed by atoms with van der Waals surface area (Å²) in [4.78, 5) is 3.07. The molecule has 8 nitrogen and oxygen atoms in total. The van der Waals surface area contributed by atoms with Crippen LogP contribution in [0.25, 0.3) is 10.4 Å². The fourth-order valence-corrected chi connectivity index (χ4v) is 4.70. The number of azide groups is 1. The first-order valence-electron chi connectivity index (χ1n) is 12.0. The normalized spacial score (nSPS) is 29.6. The molecule has 0 aromatic heterocycles. The zero-order valence-corrected chi connectivity index (χ0v) is 20.1. The van der Waals surface area contributed by atoms with Gasteiger partial charge in [0.1, 0.15) is 24.4 Å². The zero-order valence-electron chi connectivity index (χ0n) is 20.1. The Balaban J connectivity index is 1.45. The smallest absolute Gasteiger partial charge is 0.184 e. The van der Waals surface area contributed by atoms with E-state index in [2.05, 4.69) is 10.0 Å². The number of hydrogen-bond acceptors (Lipinski definition) is 6. The molecule has 2 fully saturated rings. The maximum atomic E-state index is 9.39. The number of benzene rings is 3. The Morgan fingerprint density at radius 3 is 2.08 bits per heavy atom. The lowest BCUT2D eigenvalue weighted by Crippen LogP contribution is -2.66. The molecule has 36 heavy (non-hydrogen) atoms. The Hall–Kier alpha value is -3.23. The van der Waals surface area contributed by atoms with Crippen molar-refractivity contribution in [1.82, 2.24) is 0 Å². The van der Waals surface area contributed by atoms with Gasteiger partial charge in [0.05, 0.1) is 19.8 Å². The van der Waals surface area contributed by atoms with Gasteiger partial charge in [-0.15, -0.1) is 0 Å². The largest absolute Gasteiger partial charge is 0.368 e. The van der Waals surface area contributed by atoms with Gasteiger partial charge in [-0.3, -0.25) is 0 Å². The topological polar surface area (TPSA) is 94.9 Å². The Bertz CT molecular complexity index is 1160. The van der Waals surface area contributed by atoms with Gasteiger partial charge in [-0.1, -0.05) is 96.1 Å². The average Bonchev–Trinajstić information content (AvgIpc) is 2.92. The van der Waals surface area contributed by atoms with Gasteiger partial charge in [0, 0.05) is 10.5 Å². The first-order chi connectivity index (χ1) is 17.7. The Labute approximate surface area is 210 Å². The van der Waals surface area contributed by atoms with Crippen molar-refractivity contribution in [3.63, 3.8) is 0 Å². The van der Waals surface area contributed by atoms with Gasteiger partial charge < -0.3 is 23.7 Å². The Kier molecular flexibility index (Phi) is 7.63. The van der Waals surface area contributed by atoms with Crippen LogP contribution in [0.5, 0.6) is 0 Å². The van der Waals surface area contributed by atoms with Crippen LogP contribution in [-0.4, -0.2) is 36.7 Å². The van der Waals surface area contributed by atoms with Crippen LogP contribution in [0.2, 0.25) is 0 Å². The lowest BCUT2D eigenvalue weighted by Gasteiger charge is -2.52. The summed E-state index contributed by atoms with van der Waals surface area (Å²) in [6.07, 6.45) is -2.89. The summed E-state index contributed by atoms with van der Waals surface area (Å²) in [6, 6.07) is 29.5. The molecule has 2 heterocycles. The molecule has 0 aliphatic carbocycles. The highest BCUT2D eigenvalue weighted by atomic mass is 16.7. The highest BCUT2D eigenvalue weighted by Gasteiger charge is 2.56. The minimum atomic E-state index is -1.32. The number of fused-ring (bicyclic) bond motifs is 1. The molecule has 0 bridgehead atoms. The third-order valence-electron chi connectivity index (χ3n) is 6.47. The molecule has 186 valence electrons. The predicted octanol–water partition coefficient (Wildman–Crippen LogP) is 5.70. The lowest BCUT2D eigenvalue weighted by atomic mass is 9.90. The van der Waals surface area contributed by atoms with Gasteiger partial charge >= 0.3 is 0 Å². The molecular formula is C28H29N3O5. The van der Waals surface area contributed by atoms with E-state index >= 15 is 0 Å². The van der Waals surface area contributed by atoms with E-state index in [1.54, 1.807) is 6.92 Å². The van der Waals surface area contributed by atoms with E-state index in [1.807, 2.05) is 91.0 Å². The van der Waals surface area contributed by atoms with Crippen molar-refractivity contribution in [2.24, 2.45) is 5.11 Å².